The zero-order valence-corrected chi connectivity index (χ0v) is 11.8. The number of rotatable bonds is 2. The van der Waals surface area contributed by atoms with Gasteiger partial charge in [-0.25, -0.2) is 0 Å². The number of halogens is 2. The minimum Gasteiger partial charge on any atom is -0.0877 e. The van der Waals surface area contributed by atoms with Crippen molar-refractivity contribution >= 4 is 43.6 Å². The second-order valence-electron chi connectivity index (χ2n) is 2.96. The summed E-state index contributed by atoms with van der Waals surface area (Å²) in [7, 11) is 0. The maximum atomic E-state index is 3.54. The molecule has 0 aromatic heterocycles. The van der Waals surface area contributed by atoms with E-state index in [0.717, 1.165) is 8.95 Å². The number of benzene rings is 2. The van der Waals surface area contributed by atoms with Gasteiger partial charge < -0.3 is 0 Å². The fraction of sp³-hybridized carbons (Fsp3) is 0. The van der Waals surface area contributed by atoms with Gasteiger partial charge in [-0.3, -0.25) is 0 Å². The van der Waals surface area contributed by atoms with Gasteiger partial charge in [-0.2, -0.15) is 0 Å². The Balaban J connectivity index is 2.30. The van der Waals surface area contributed by atoms with Crippen LogP contribution in [0.4, 0.5) is 0 Å². The molecule has 0 amide bonds. The molecule has 2 aromatic carbocycles. The predicted octanol–water partition coefficient (Wildman–Crippen LogP) is 5.36. The van der Waals surface area contributed by atoms with Gasteiger partial charge in [0, 0.05) is 18.7 Å². The van der Waals surface area contributed by atoms with Gasteiger partial charge >= 0.3 is 0 Å². The van der Waals surface area contributed by atoms with Gasteiger partial charge in [0.2, 0.25) is 0 Å². The SMILES string of the molecule is Brc1ccccc1Sc1ccccc1Br. The predicted molar refractivity (Wildman–Crippen MR) is 72.4 cm³/mol. The first-order valence-electron chi connectivity index (χ1n) is 4.44. The highest BCUT2D eigenvalue weighted by molar-refractivity contribution is 9.11. The smallest absolute Gasteiger partial charge is 0.0314 e. The molecular weight excluding hydrogens is 336 g/mol. The summed E-state index contributed by atoms with van der Waals surface area (Å²) in [4.78, 5) is 2.45. The van der Waals surface area contributed by atoms with E-state index in [1.54, 1.807) is 11.8 Å². The first-order chi connectivity index (χ1) is 7.27. The highest BCUT2D eigenvalue weighted by atomic mass is 79.9. The summed E-state index contributed by atoms with van der Waals surface area (Å²) in [6, 6.07) is 16.5. The minimum absolute atomic E-state index is 1.13. The van der Waals surface area contributed by atoms with Gasteiger partial charge in [0.15, 0.2) is 0 Å². The third kappa shape index (κ3) is 2.86. The molecule has 0 spiro atoms. The summed E-state index contributed by atoms with van der Waals surface area (Å²) in [5.41, 5.74) is 0. The fourth-order valence-corrected chi connectivity index (χ4v) is 3.09. The molecule has 0 aliphatic carbocycles. The molecule has 0 nitrogen and oxygen atoms in total. The molecule has 0 N–H and O–H groups in total. The summed E-state index contributed by atoms with van der Waals surface area (Å²) in [6.45, 7) is 0. The highest BCUT2D eigenvalue weighted by Gasteiger charge is 2.03. The van der Waals surface area contributed by atoms with Gasteiger partial charge in [-0.1, -0.05) is 36.0 Å². The lowest BCUT2D eigenvalue weighted by Crippen LogP contribution is -1.76. The Morgan fingerprint density at radius 1 is 0.667 bits per heavy atom. The molecule has 0 heterocycles. The lowest BCUT2D eigenvalue weighted by Gasteiger charge is -2.05. The van der Waals surface area contributed by atoms with Crippen LogP contribution in [0.5, 0.6) is 0 Å². The highest BCUT2D eigenvalue weighted by Crippen LogP contribution is 2.36. The van der Waals surface area contributed by atoms with Crippen molar-refractivity contribution < 1.29 is 0 Å². The first kappa shape index (κ1) is 11.2. The Labute approximate surface area is 110 Å². The average molecular weight is 344 g/mol. The fourth-order valence-electron chi connectivity index (χ4n) is 1.17. The summed E-state index contributed by atoms with van der Waals surface area (Å²) in [6.07, 6.45) is 0. The molecule has 2 rings (SSSR count). The minimum atomic E-state index is 1.13. The molecule has 0 bridgehead atoms. The Morgan fingerprint density at radius 2 is 1.07 bits per heavy atom. The van der Waals surface area contributed by atoms with Gasteiger partial charge in [0.25, 0.3) is 0 Å². The van der Waals surface area contributed by atoms with Crippen molar-refractivity contribution in [1.82, 2.24) is 0 Å². The van der Waals surface area contributed by atoms with Crippen molar-refractivity contribution in [3.8, 4) is 0 Å². The van der Waals surface area contributed by atoms with Crippen molar-refractivity contribution in [2.24, 2.45) is 0 Å². The van der Waals surface area contributed by atoms with Crippen molar-refractivity contribution in [2.75, 3.05) is 0 Å². The Bertz CT molecular complexity index is 425. The maximum Gasteiger partial charge on any atom is 0.0314 e. The van der Waals surface area contributed by atoms with Crippen LogP contribution in [0.1, 0.15) is 0 Å². The summed E-state index contributed by atoms with van der Waals surface area (Å²) >= 11 is 8.83. The average Bonchev–Trinajstić information content (AvgIpc) is 2.24. The molecule has 0 saturated carbocycles. The third-order valence-corrected chi connectivity index (χ3v) is 4.95. The largest absolute Gasteiger partial charge is 0.0877 e. The van der Waals surface area contributed by atoms with Gasteiger partial charge in [-0.15, -0.1) is 0 Å². The number of hydrogen-bond acceptors (Lipinski definition) is 1. The molecule has 3 heteroatoms. The van der Waals surface area contributed by atoms with E-state index in [9.17, 15) is 0 Å². The van der Waals surface area contributed by atoms with Crippen LogP contribution in [-0.2, 0) is 0 Å². The molecular formula is C12H8Br2S. The monoisotopic (exact) mass is 342 g/mol. The van der Waals surface area contributed by atoms with Crippen LogP contribution in [0.2, 0.25) is 0 Å². The third-order valence-electron chi connectivity index (χ3n) is 1.89. The molecule has 0 unspecified atom stereocenters. The van der Waals surface area contributed by atoms with Crippen LogP contribution in [0.3, 0.4) is 0 Å². The second-order valence-corrected chi connectivity index (χ2v) is 5.76. The molecule has 0 aliphatic rings. The van der Waals surface area contributed by atoms with Gasteiger partial charge in [0.1, 0.15) is 0 Å². The summed E-state index contributed by atoms with van der Waals surface area (Å²) in [5, 5.41) is 0. The van der Waals surface area contributed by atoms with E-state index >= 15 is 0 Å². The topological polar surface area (TPSA) is 0 Å². The van der Waals surface area contributed by atoms with Crippen LogP contribution in [0.15, 0.2) is 67.3 Å². The van der Waals surface area contributed by atoms with E-state index in [1.807, 2.05) is 24.3 Å². The molecule has 15 heavy (non-hydrogen) atoms. The Hall–Kier alpha value is -0.250. The molecule has 0 radical (unpaired) electrons. The molecule has 0 atom stereocenters. The lowest BCUT2D eigenvalue weighted by molar-refractivity contribution is 1.35. The normalized spacial score (nSPS) is 10.3. The quantitative estimate of drug-likeness (QED) is 0.707. The van der Waals surface area contributed by atoms with Gasteiger partial charge in [0.05, 0.1) is 0 Å². The molecule has 76 valence electrons. The van der Waals surface area contributed by atoms with Crippen molar-refractivity contribution in [2.45, 2.75) is 9.79 Å². The van der Waals surface area contributed by atoms with Crippen molar-refractivity contribution in [1.29, 1.82) is 0 Å². The van der Waals surface area contributed by atoms with Crippen molar-refractivity contribution in [3.05, 3.63) is 57.5 Å². The molecule has 0 fully saturated rings. The number of hydrogen-bond donors (Lipinski definition) is 0. The van der Waals surface area contributed by atoms with E-state index in [0.29, 0.717) is 0 Å². The first-order valence-corrected chi connectivity index (χ1v) is 6.84. The van der Waals surface area contributed by atoms with Crippen LogP contribution in [0, 0.1) is 0 Å². The van der Waals surface area contributed by atoms with E-state index in [-0.39, 0.29) is 0 Å². The Morgan fingerprint density at radius 3 is 1.47 bits per heavy atom. The molecule has 2 aromatic rings. The van der Waals surface area contributed by atoms with E-state index in [1.165, 1.54) is 9.79 Å². The zero-order valence-electron chi connectivity index (χ0n) is 7.78. The van der Waals surface area contributed by atoms with Crippen LogP contribution < -0.4 is 0 Å². The molecule has 0 saturated heterocycles. The zero-order chi connectivity index (χ0) is 10.7. The van der Waals surface area contributed by atoms with Crippen LogP contribution in [-0.4, -0.2) is 0 Å². The second kappa shape index (κ2) is 5.19. The lowest BCUT2D eigenvalue weighted by atomic mass is 10.4. The van der Waals surface area contributed by atoms with Crippen molar-refractivity contribution in [3.63, 3.8) is 0 Å². The standard InChI is InChI=1S/C12H8Br2S/c13-9-5-1-3-7-11(9)15-12-8-4-2-6-10(12)14/h1-8H. The van der Waals surface area contributed by atoms with Gasteiger partial charge in [-0.05, 0) is 56.1 Å². The van der Waals surface area contributed by atoms with E-state index < -0.39 is 0 Å². The molecule has 0 aliphatic heterocycles. The van der Waals surface area contributed by atoms with E-state index in [2.05, 4.69) is 56.1 Å². The summed E-state index contributed by atoms with van der Waals surface area (Å²) < 4.78 is 2.26. The van der Waals surface area contributed by atoms with Crippen LogP contribution in [0.25, 0.3) is 0 Å². The maximum absolute atomic E-state index is 3.54. The summed E-state index contributed by atoms with van der Waals surface area (Å²) in [5.74, 6) is 0. The van der Waals surface area contributed by atoms with E-state index in [4.69, 9.17) is 0 Å². The van der Waals surface area contributed by atoms with Crippen LogP contribution >= 0.6 is 43.6 Å². The Kier molecular flexibility index (Phi) is 3.89.